The average Bonchev–Trinajstić information content (AvgIpc) is 3.96. The summed E-state index contributed by atoms with van der Waals surface area (Å²) in [6.07, 6.45) is 7.36. The number of carbonyl (C=O) groups excluding carboxylic acids is 2. The number of amides is 1. The molecule has 5 aromatic rings. The number of carbonyl (C=O) groups is 2. The van der Waals surface area contributed by atoms with Gasteiger partial charge in [-0.05, 0) is 107 Å². The smallest absolute Gasteiger partial charge is 0.244 e. The molecule has 56 heavy (non-hydrogen) atoms. The highest BCUT2D eigenvalue weighted by Crippen LogP contribution is 2.45. The Morgan fingerprint density at radius 1 is 0.911 bits per heavy atom. The number of piperidine rings is 1. The minimum absolute atomic E-state index is 0.0617. The summed E-state index contributed by atoms with van der Waals surface area (Å²) in [7, 11) is 0. The highest BCUT2D eigenvalue weighted by molar-refractivity contribution is 5.98. The van der Waals surface area contributed by atoms with E-state index in [2.05, 4.69) is 22.0 Å². The average molecular weight is 754 g/mol. The first kappa shape index (κ1) is 37.4. The standard InChI is InChI=1S/C46H51N5O5/c1-33(2)55-38-15-10-13-35(27-38)28-42(52)50-26-21-46(32-50,41-31-54-43(56-41)29-34-11-4-3-5-12-34)20-25-49-23-18-36(19-24-49)44(53)45-48-39-16-6-7-17-40(39)51(45)30-37-14-8-9-22-47-37/h3-17,22,27,31,33,36,43H,18-21,23-26,28-30,32H2,1-2H3. The van der Waals surface area contributed by atoms with Crippen LogP contribution in [0.2, 0.25) is 0 Å². The zero-order chi connectivity index (χ0) is 38.5. The first-order valence-electron chi connectivity index (χ1n) is 20.0. The number of benzene rings is 3. The summed E-state index contributed by atoms with van der Waals surface area (Å²) in [6, 6.07) is 31.9. The molecule has 0 bridgehead atoms. The molecule has 2 saturated heterocycles. The lowest BCUT2D eigenvalue weighted by molar-refractivity contribution is -0.129. The Hall–Kier alpha value is -5.48. The number of hydrogen-bond acceptors (Lipinski definition) is 8. The van der Waals surface area contributed by atoms with Crippen LogP contribution in [-0.4, -0.2) is 81.1 Å². The molecule has 8 rings (SSSR count). The first-order valence-corrected chi connectivity index (χ1v) is 20.0. The van der Waals surface area contributed by atoms with Gasteiger partial charge < -0.3 is 28.6 Å². The summed E-state index contributed by atoms with van der Waals surface area (Å²) in [6.45, 7) is 8.19. The maximum absolute atomic E-state index is 14.1. The number of likely N-dealkylation sites (tertiary alicyclic amines) is 2. The summed E-state index contributed by atoms with van der Waals surface area (Å²) in [4.78, 5) is 41.8. The second-order valence-electron chi connectivity index (χ2n) is 15.8. The van der Waals surface area contributed by atoms with Crippen LogP contribution in [-0.2, 0) is 33.7 Å². The molecule has 0 radical (unpaired) electrons. The predicted molar refractivity (Wildman–Crippen MR) is 215 cm³/mol. The maximum Gasteiger partial charge on any atom is 0.244 e. The summed E-state index contributed by atoms with van der Waals surface area (Å²) in [5, 5.41) is 0. The molecule has 0 aliphatic carbocycles. The Morgan fingerprint density at radius 3 is 2.50 bits per heavy atom. The second kappa shape index (κ2) is 16.7. The molecule has 1 amide bonds. The minimum atomic E-state index is -0.402. The van der Waals surface area contributed by atoms with Gasteiger partial charge in [0.15, 0.2) is 5.82 Å². The number of hydrogen-bond donors (Lipinski definition) is 0. The Balaban J connectivity index is 0.932. The molecule has 2 aromatic heterocycles. The third kappa shape index (κ3) is 8.50. The fraction of sp³-hybridized carbons (Fsp3) is 0.391. The van der Waals surface area contributed by atoms with E-state index in [9.17, 15) is 9.59 Å². The summed E-state index contributed by atoms with van der Waals surface area (Å²) >= 11 is 0. The van der Waals surface area contributed by atoms with Gasteiger partial charge in [0.1, 0.15) is 17.8 Å². The van der Waals surface area contributed by atoms with E-state index in [1.54, 1.807) is 12.5 Å². The van der Waals surface area contributed by atoms with Gasteiger partial charge in [0.2, 0.25) is 18.0 Å². The van der Waals surface area contributed by atoms with Crippen molar-refractivity contribution in [1.29, 1.82) is 0 Å². The zero-order valence-corrected chi connectivity index (χ0v) is 32.4. The van der Waals surface area contributed by atoms with Crippen LogP contribution in [0.25, 0.3) is 11.0 Å². The van der Waals surface area contributed by atoms with Crippen LogP contribution in [0, 0.1) is 11.3 Å². The molecule has 0 spiro atoms. The van der Waals surface area contributed by atoms with E-state index >= 15 is 0 Å². The van der Waals surface area contributed by atoms with Crippen LogP contribution in [0.1, 0.15) is 67.0 Å². The first-order chi connectivity index (χ1) is 27.3. The van der Waals surface area contributed by atoms with Crippen molar-refractivity contribution in [3.05, 3.63) is 138 Å². The number of ketones is 1. The lowest BCUT2D eigenvalue weighted by Gasteiger charge is -2.35. The van der Waals surface area contributed by atoms with Crippen LogP contribution in [0.4, 0.5) is 0 Å². The Morgan fingerprint density at radius 2 is 1.70 bits per heavy atom. The van der Waals surface area contributed by atoms with Crippen molar-refractivity contribution in [2.75, 3.05) is 32.7 Å². The van der Waals surface area contributed by atoms with Gasteiger partial charge in [-0.25, -0.2) is 4.98 Å². The van der Waals surface area contributed by atoms with Gasteiger partial charge in [0.05, 0.1) is 41.2 Å². The van der Waals surface area contributed by atoms with E-state index < -0.39 is 6.29 Å². The highest BCUT2D eigenvalue weighted by Gasteiger charge is 2.47. The van der Waals surface area contributed by atoms with E-state index in [4.69, 9.17) is 19.2 Å². The van der Waals surface area contributed by atoms with E-state index in [1.165, 1.54) is 0 Å². The number of para-hydroxylation sites is 2. The number of fused-ring (bicyclic) bond motifs is 1. The van der Waals surface area contributed by atoms with Gasteiger partial charge >= 0.3 is 0 Å². The number of Topliss-reactive ketones (excluding diaryl/α,β-unsaturated/α-hetero) is 1. The quantitative estimate of drug-likeness (QED) is 0.108. The number of pyridine rings is 1. The number of nitrogens with zero attached hydrogens (tertiary/aromatic N) is 5. The fourth-order valence-electron chi connectivity index (χ4n) is 8.43. The Bertz CT molecular complexity index is 2160. The largest absolute Gasteiger partial charge is 0.491 e. The molecule has 2 atom stereocenters. The van der Waals surface area contributed by atoms with Crippen LogP contribution in [0.5, 0.6) is 5.75 Å². The molecule has 290 valence electrons. The molecule has 10 nitrogen and oxygen atoms in total. The number of aromatic nitrogens is 3. The molecule has 3 aliphatic heterocycles. The van der Waals surface area contributed by atoms with Crippen molar-refractivity contribution < 1.29 is 23.8 Å². The molecule has 5 heterocycles. The van der Waals surface area contributed by atoms with Crippen LogP contribution in [0.15, 0.2) is 115 Å². The maximum atomic E-state index is 14.1. The van der Waals surface area contributed by atoms with Crippen molar-refractivity contribution in [3.8, 4) is 5.75 Å². The molecule has 10 heteroatoms. The van der Waals surface area contributed by atoms with E-state index in [-0.39, 0.29) is 29.1 Å². The molecular weight excluding hydrogens is 703 g/mol. The minimum Gasteiger partial charge on any atom is -0.491 e. The summed E-state index contributed by atoms with van der Waals surface area (Å²) in [5.41, 5.74) is 4.39. The monoisotopic (exact) mass is 753 g/mol. The molecule has 2 fully saturated rings. The molecule has 0 N–H and O–H groups in total. The highest BCUT2D eigenvalue weighted by atomic mass is 16.7. The van der Waals surface area contributed by atoms with E-state index in [1.807, 2.05) is 108 Å². The fourth-order valence-corrected chi connectivity index (χ4v) is 8.43. The van der Waals surface area contributed by atoms with Crippen molar-refractivity contribution in [1.82, 2.24) is 24.3 Å². The number of ether oxygens (including phenoxy) is 3. The lowest BCUT2D eigenvalue weighted by Crippen LogP contribution is -2.41. The summed E-state index contributed by atoms with van der Waals surface area (Å²) < 4.78 is 20.6. The molecule has 2 unspecified atom stereocenters. The van der Waals surface area contributed by atoms with Gasteiger partial charge in [-0.2, -0.15) is 0 Å². The van der Waals surface area contributed by atoms with Crippen molar-refractivity contribution in [3.63, 3.8) is 0 Å². The van der Waals surface area contributed by atoms with Gasteiger partial charge in [0, 0.05) is 31.6 Å². The van der Waals surface area contributed by atoms with Gasteiger partial charge in [0.25, 0.3) is 0 Å². The van der Waals surface area contributed by atoms with Crippen molar-refractivity contribution in [2.45, 2.75) is 71.3 Å². The number of rotatable bonds is 14. The van der Waals surface area contributed by atoms with Crippen LogP contribution < -0.4 is 4.74 Å². The van der Waals surface area contributed by atoms with E-state index in [0.29, 0.717) is 38.3 Å². The zero-order valence-electron chi connectivity index (χ0n) is 32.4. The molecule has 3 aromatic carbocycles. The Labute approximate surface area is 329 Å². The predicted octanol–water partition coefficient (Wildman–Crippen LogP) is 7.47. The molecule has 3 aliphatic rings. The topological polar surface area (TPSA) is 99.0 Å². The molecule has 0 saturated carbocycles. The van der Waals surface area contributed by atoms with Gasteiger partial charge in [-0.1, -0.05) is 60.7 Å². The van der Waals surface area contributed by atoms with E-state index in [0.717, 1.165) is 84.7 Å². The third-order valence-corrected chi connectivity index (χ3v) is 11.5. The number of imidazole rings is 1. The third-order valence-electron chi connectivity index (χ3n) is 11.5. The SMILES string of the molecule is CC(C)Oc1cccc(CC(=O)N2CCC(CCN3CCC(C(=O)c4nc5ccccc5n4Cc4ccccn4)CC3)(C3=COC(Cc4ccccc4)O3)C2)c1. The van der Waals surface area contributed by atoms with Crippen molar-refractivity contribution >= 4 is 22.7 Å². The van der Waals surface area contributed by atoms with Crippen LogP contribution >= 0.6 is 0 Å². The summed E-state index contributed by atoms with van der Waals surface area (Å²) in [5.74, 6) is 2.22. The Kier molecular flexibility index (Phi) is 11.2. The van der Waals surface area contributed by atoms with Crippen LogP contribution in [0.3, 0.4) is 0 Å². The second-order valence-corrected chi connectivity index (χ2v) is 15.8. The van der Waals surface area contributed by atoms with Gasteiger partial charge in [-0.15, -0.1) is 0 Å². The van der Waals surface area contributed by atoms with Crippen molar-refractivity contribution in [2.24, 2.45) is 11.3 Å². The lowest BCUT2D eigenvalue weighted by atomic mass is 9.81. The normalized spacial score (nSPS) is 20.2. The molecular formula is C46H51N5O5. The van der Waals surface area contributed by atoms with Gasteiger partial charge in [-0.3, -0.25) is 14.6 Å².